The summed E-state index contributed by atoms with van der Waals surface area (Å²) in [6, 6.07) is 4.30. The first-order valence-corrected chi connectivity index (χ1v) is 8.03. The SMILES string of the molecule is CC1CN(c2cc(CN)cc(C(C)(C)C)n2)CCS1. The number of nitrogens with two attached hydrogens (primary N) is 1. The molecule has 1 aromatic heterocycles. The maximum absolute atomic E-state index is 5.84. The lowest BCUT2D eigenvalue weighted by molar-refractivity contribution is 0.566. The van der Waals surface area contributed by atoms with Gasteiger partial charge in [0.05, 0.1) is 0 Å². The summed E-state index contributed by atoms with van der Waals surface area (Å²) in [6.07, 6.45) is 0. The molecule has 0 amide bonds. The fourth-order valence-corrected chi connectivity index (χ4v) is 3.28. The number of thioether (sulfide) groups is 1. The Morgan fingerprint density at radius 3 is 2.74 bits per heavy atom. The molecule has 106 valence electrons. The molecule has 0 bridgehead atoms. The molecule has 3 nitrogen and oxygen atoms in total. The average molecular weight is 279 g/mol. The van der Waals surface area contributed by atoms with Gasteiger partial charge in [-0.25, -0.2) is 4.98 Å². The maximum atomic E-state index is 5.84. The summed E-state index contributed by atoms with van der Waals surface area (Å²) in [6.45, 7) is 11.6. The van der Waals surface area contributed by atoms with Gasteiger partial charge in [0, 0.05) is 41.7 Å². The van der Waals surface area contributed by atoms with Crippen LogP contribution < -0.4 is 10.6 Å². The van der Waals surface area contributed by atoms with Crippen molar-refractivity contribution in [2.75, 3.05) is 23.7 Å². The topological polar surface area (TPSA) is 42.1 Å². The molecular formula is C15H25N3S. The molecule has 1 aromatic rings. The minimum absolute atomic E-state index is 0.0656. The first-order valence-electron chi connectivity index (χ1n) is 6.98. The molecule has 1 atom stereocenters. The highest BCUT2D eigenvalue weighted by Gasteiger charge is 2.22. The monoisotopic (exact) mass is 279 g/mol. The predicted octanol–water partition coefficient (Wildman–Crippen LogP) is 2.78. The molecule has 4 heteroatoms. The summed E-state index contributed by atoms with van der Waals surface area (Å²) >= 11 is 2.04. The van der Waals surface area contributed by atoms with Crippen LogP contribution in [0.3, 0.4) is 0 Å². The van der Waals surface area contributed by atoms with E-state index in [9.17, 15) is 0 Å². The lowest BCUT2D eigenvalue weighted by atomic mass is 9.90. The average Bonchev–Trinajstić information content (AvgIpc) is 2.37. The molecule has 1 saturated heterocycles. The minimum atomic E-state index is 0.0656. The highest BCUT2D eigenvalue weighted by molar-refractivity contribution is 8.00. The van der Waals surface area contributed by atoms with Crippen molar-refractivity contribution in [3.05, 3.63) is 23.4 Å². The van der Waals surface area contributed by atoms with Crippen molar-refractivity contribution in [3.8, 4) is 0 Å². The largest absolute Gasteiger partial charge is 0.355 e. The third-order valence-electron chi connectivity index (χ3n) is 3.44. The second-order valence-electron chi connectivity index (χ2n) is 6.30. The van der Waals surface area contributed by atoms with E-state index in [0.717, 1.165) is 24.6 Å². The van der Waals surface area contributed by atoms with Gasteiger partial charge in [-0.2, -0.15) is 11.8 Å². The molecule has 0 spiro atoms. The smallest absolute Gasteiger partial charge is 0.129 e. The molecule has 1 aliphatic heterocycles. The van der Waals surface area contributed by atoms with Gasteiger partial charge in [0.1, 0.15) is 5.82 Å². The van der Waals surface area contributed by atoms with Crippen LogP contribution in [-0.4, -0.2) is 29.1 Å². The Hall–Kier alpha value is -0.740. The van der Waals surface area contributed by atoms with Gasteiger partial charge in [0.2, 0.25) is 0 Å². The number of hydrogen-bond donors (Lipinski definition) is 1. The summed E-state index contributed by atoms with van der Waals surface area (Å²) in [5.41, 5.74) is 8.22. The van der Waals surface area contributed by atoms with Gasteiger partial charge < -0.3 is 10.6 Å². The molecule has 2 heterocycles. The van der Waals surface area contributed by atoms with E-state index in [2.05, 4.69) is 44.7 Å². The Bertz CT molecular complexity index is 440. The Labute approximate surface area is 121 Å². The van der Waals surface area contributed by atoms with Gasteiger partial charge >= 0.3 is 0 Å². The van der Waals surface area contributed by atoms with Gasteiger partial charge in [-0.1, -0.05) is 27.7 Å². The molecule has 0 radical (unpaired) electrons. The molecule has 0 saturated carbocycles. The Morgan fingerprint density at radius 2 is 2.16 bits per heavy atom. The number of rotatable bonds is 2. The summed E-state index contributed by atoms with van der Waals surface area (Å²) in [7, 11) is 0. The second kappa shape index (κ2) is 5.71. The van der Waals surface area contributed by atoms with Crippen molar-refractivity contribution >= 4 is 17.6 Å². The van der Waals surface area contributed by atoms with Crippen LogP contribution in [0.25, 0.3) is 0 Å². The van der Waals surface area contributed by atoms with E-state index < -0.39 is 0 Å². The summed E-state index contributed by atoms with van der Waals surface area (Å²) in [5, 5.41) is 0.676. The highest BCUT2D eigenvalue weighted by Crippen LogP contribution is 2.27. The third kappa shape index (κ3) is 3.63. The number of anilines is 1. The van der Waals surface area contributed by atoms with Crippen LogP contribution in [0.2, 0.25) is 0 Å². The van der Waals surface area contributed by atoms with E-state index in [1.165, 1.54) is 11.3 Å². The quantitative estimate of drug-likeness (QED) is 0.904. The summed E-state index contributed by atoms with van der Waals surface area (Å²) in [5.74, 6) is 2.28. The highest BCUT2D eigenvalue weighted by atomic mass is 32.2. The van der Waals surface area contributed by atoms with Gasteiger partial charge in [-0.15, -0.1) is 0 Å². The van der Waals surface area contributed by atoms with Crippen LogP contribution in [0.4, 0.5) is 5.82 Å². The fourth-order valence-electron chi connectivity index (χ4n) is 2.26. The zero-order valence-electron chi connectivity index (χ0n) is 12.4. The van der Waals surface area contributed by atoms with Crippen molar-refractivity contribution in [1.82, 2.24) is 4.98 Å². The molecule has 1 fully saturated rings. The summed E-state index contributed by atoms with van der Waals surface area (Å²) in [4.78, 5) is 7.27. The van der Waals surface area contributed by atoms with E-state index in [1.807, 2.05) is 11.8 Å². The van der Waals surface area contributed by atoms with Crippen molar-refractivity contribution in [3.63, 3.8) is 0 Å². The number of nitrogens with zero attached hydrogens (tertiary/aromatic N) is 2. The maximum Gasteiger partial charge on any atom is 0.129 e. The van der Waals surface area contributed by atoms with Crippen LogP contribution in [-0.2, 0) is 12.0 Å². The van der Waals surface area contributed by atoms with Crippen LogP contribution >= 0.6 is 11.8 Å². The lowest BCUT2D eigenvalue weighted by Crippen LogP contribution is -2.37. The van der Waals surface area contributed by atoms with E-state index in [0.29, 0.717) is 11.8 Å². The zero-order valence-corrected chi connectivity index (χ0v) is 13.3. The third-order valence-corrected chi connectivity index (χ3v) is 4.58. The second-order valence-corrected chi connectivity index (χ2v) is 7.85. The van der Waals surface area contributed by atoms with E-state index in [4.69, 9.17) is 10.7 Å². The van der Waals surface area contributed by atoms with Crippen LogP contribution in [0.1, 0.15) is 39.0 Å². The predicted molar refractivity (Wildman–Crippen MR) is 85.0 cm³/mol. The molecule has 2 rings (SSSR count). The van der Waals surface area contributed by atoms with Crippen molar-refractivity contribution in [1.29, 1.82) is 0 Å². The van der Waals surface area contributed by atoms with Gasteiger partial charge in [-0.3, -0.25) is 0 Å². The molecule has 19 heavy (non-hydrogen) atoms. The molecule has 1 unspecified atom stereocenters. The molecule has 1 aliphatic rings. The van der Waals surface area contributed by atoms with E-state index >= 15 is 0 Å². The van der Waals surface area contributed by atoms with Gasteiger partial charge in [0.25, 0.3) is 0 Å². The number of pyridine rings is 1. The Balaban J connectivity index is 2.34. The Kier molecular flexibility index (Phi) is 4.41. The van der Waals surface area contributed by atoms with Gasteiger partial charge in [-0.05, 0) is 17.7 Å². The van der Waals surface area contributed by atoms with Crippen molar-refractivity contribution in [2.45, 2.75) is 44.9 Å². The Morgan fingerprint density at radius 1 is 1.42 bits per heavy atom. The van der Waals surface area contributed by atoms with Crippen molar-refractivity contribution in [2.24, 2.45) is 5.73 Å². The molecule has 0 aliphatic carbocycles. The molecule has 0 aromatic carbocycles. The first kappa shape index (κ1) is 14.7. The van der Waals surface area contributed by atoms with Crippen LogP contribution in [0.5, 0.6) is 0 Å². The van der Waals surface area contributed by atoms with Gasteiger partial charge in [0.15, 0.2) is 0 Å². The fraction of sp³-hybridized carbons (Fsp3) is 0.667. The molecular weight excluding hydrogens is 254 g/mol. The molecule has 2 N–H and O–H groups in total. The zero-order chi connectivity index (χ0) is 14.0. The van der Waals surface area contributed by atoms with Crippen LogP contribution in [0.15, 0.2) is 12.1 Å². The number of aromatic nitrogens is 1. The van der Waals surface area contributed by atoms with Crippen LogP contribution in [0, 0.1) is 0 Å². The minimum Gasteiger partial charge on any atom is -0.355 e. The normalized spacial score (nSPS) is 20.7. The number of hydrogen-bond acceptors (Lipinski definition) is 4. The summed E-state index contributed by atoms with van der Waals surface area (Å²) < 4.78 is 0. The van der Waals surface area contributed by atoms with Crippen molar-refractivity contribution < 1.29 is 0 Å². The first-order chi connectivity index (χ1) is 8.90. The standard InChI is InChI=1S/C15H25N3S/c1-11-10-18(5-6-19-11)14-8-12(9-16)7-13(17-14)15(2,3)4/h7-8,11H,5-6,9-10,16H2,1-4H3. The van der Waals surface area contributed by atoms with E-state index in [-0.39, 0.29) is 5.41 Å². The lowest BCUT2D eigenvalue weighted by Gasteiger charge is -2.32. The van der Waals surface area contributed by atoms with E-state index in [1.54, 1.807) is 0 Å².